The van der Waals surface area contributed by atoms with Gasteiger partial charge in [0.1, 0.15) is 11.8 Å². The van der Waals surface area contributed by atoms with Crippen LogP contribution in [0.3, 0.4) is 0 Å². The van der Waals surface area contributed by atoms with Crippen LogP contribution in [-0.2, 0) is 9.59 Å². The third-order valence-corrected chi connectivity index (χ3v) is 4.62. The minimum atomic E-state index is -0.522. The van der Waals surface area contributed by atoms with Gasteiger partial charge in [0.25, 0.3) is 0 Å². The molecule has 142 valence electrons. The number of amides is 2. The maximum Gasteiger partial charge on any atom is 0.249 e. The van der Waals surface area contributed by atoms with Crippen LogP contribution in [0.1, 0.15) is 31.4 Å². The third-order valence-electron chi connectivity index (χ3n) is 4.62. The van der Waals surface area contributed by atoms with Crippen LogP contribution in [0.15, 0.2) is 48.5 Å². The average Bonchev–Trinajstić information content (AvgIpc) is 3.21. The summed E-state index contributed by atoms with van der Waals surface area (Å²) in [5, 5.41) is 6.10. The van der Waals surface area contributed by atoms with Crippen LogP contribution in [0.4, 0.5) is 11.4 Å². The Morgan fingerprint density at radius 1 is 1.07 bits per heavy atom. The molecule has 1 fully saturated rings. The molecule has 2 amide bonds. The van der Waals surface area contributed by atoms with E-state index in [-0.39, 0.29) is 11.8 Å². The lowest BCUT2D eigenvalue weighted by atomic mass is 10.0. The molecule has 0 radical (unpaired) electrons. The van der Waals surface area contributed by atoms with Gasteiger partial charge in [-0.3, -0.25) is 9.59 Å². The first kappa shape index (κ1) is 18.8. The lowest BCUT2D eigenvalue weighted by molar-refractivity contribution is -0.131. The molecule has 6 nitrogen and oxygen atoms in total. The Kier molecular flexibility index (Phi) is 5.96. The van der Waals surface area contributed by atoms with Gasteiger partial charge in [-0.15, -0.1) is 0 Å². The molecule has 1 saturated heterocycles. The second-order valence-electron chi connectivity index (χ2n) is 6.62. The minimum Gasteiger partial charge on any atom is -0.495 e. The zero-order chi connectivity index (χ0) is 19.2. The number of rotatable bonds is 6. The summed E-state index contributed by atoms with van der Waals surface area (Å²) < 4.78 is 5.45. The predicted molar refractivity (Wildman–Crippen MR) is 106 cm³/mol. The molecule has 1 heterocycles. The molecule has 2 aromatic rings. The molecule has 6 heteroatoms. The van der Waals surface area contributed by atoms with Crippen LogP contribution in [0, 0.1) is 0 Å². The van der Waals surface area contributed by atoms with E-state index in [0.29, 0.717) is 17.1 Å². The fourth-order valence-electron chi connectivity index (χ4n) is 3.31. The van der Waals surface area contributed by atoms with E-state index in [1.54, 1.807) is 25.3 Å². The number of carbonyl (C=O) groups is 2. The summed E-state index contributed by atoms with van der Waals surface area (Å²) in [7, 11) is 1.58. The van der Waals surface area contributed by atoms with Crippen LogP contribution in [0.5, 0.6) is 5.75 Å². The molecule has 2 aromatic carbocycles. The van der Waals surface area contributed by atoms with Crippen molar-refractivity contribution >= 4 is 23.2 Å². The van der Waals surface area contributed by atoms with Gasteiger partial charge >= 0.3 is 0 Å². The Hall–Kier alpha value is -3.02. The predicted octanol–water partition coefficient (Wildman–Crippen LogP) is 3.43. The van der Waals surface area contributed by atoms with Crippen molar-refractivity contribution in [3.8, 4) is 5.75 Å². The van der Waals surface area contributed by atoms with Gasteiger partial charge in [0.2, 0.25) is 11.8 Å². The topological polar surface area (TPSA) is 70.7 Å². The van der Waals surface area contributed by atoms with Crippen LogP contribution < -0.4 is 15.4 Å². The van der Waals surface area contributed by atoms with Crippen molar-refractivity contribution in [1.82, 2.24) is 4.90 Å². The van der Waals surface area contributed by atoms with Crippen molar-refractivity contribution in [1.29, 1.82) is 0 Å². The minimum absolute atomic E-state index is 0.0469. The van der Waals surface area contributed by atoms with Crippen LogP contribution in [-0.4, -0.2) is 36.9 Å². The van der Waals surface area contributed by atoms with Gasteiger partial charge in [0.05, 0.1) is 12.8 Å². The summed E-state index contributed by atoms with van der Waals surface area (Å²) in [6, 6.07) is 14.5. The maximum absolute atomic E-state index is 13.2. The molecule has 1 atom stereocenters. The van der Waals surface area contributed by atoms with E-state index in [9.17, 15) is 9.59 Å². The van der Waals surface area contributed by atoms with E-state index in [0.717, 1.165) is 31.5 Å². The molecular formula is C21H25N3O3. The van der Waals surface area contributed by atoms with E-state index < -0.39 is 6.04 Å². The number of hydrogen-bond donors (Lipinski definition) is 2. The van der Waals surface area contributed by atoms with Gasteiger partial charge in [-0.2, -0.15) is 0 Å². The number of ether oxygens (including phenoxy) is 1. The number of methoxy groups -OCH3 is 1. The maximum atomic E-state index is 13.2. The van der Waals surface area contributed by atoms with E-state index in [2.05, 4.69) is 10.6 Å². The van der Waals surface area contributed by atoms with Crippen molar-refractivity contribution in [3.05, 3.63) is 54.1 Å². The number of anilines is 2. The van der Waals surface area contributed by atoms with Crippen LogP contribution >= 0.6 is 0 Å². The fraction of sp³-hybridized carbons (Fsp3) is 0.333. The number of nitrogens with one attached hydrogen (secondary N) is 2. The second kappa shape index (κ2) is 8.58. The summed E-state index contributed by atoms with van der Waals surface area (Å²) in [4.78, 5) is 26.4. The molecule has 1 aliphatic heterocycles. The van der Waals surface area contributed by atoms with E-state index in [4.69, 9.17) is 4.74 Å². The Bertz CT molecular complexity index is 802. The van der Waals surface area contributed by atoms with Crippen molar-refractivity contribution in [2.45, 2.75) is 25.8 Å². The van der Waals surface area contributed by atoms with Crippen molar-refractivity contribution < 1.29 is 14.3 Å². The van der Waals surface area contributed by atoms with Crippen LogP contribution in [0.25, 0.3) is 0 Å². The van der Waals surface area contributed by atoms with Crippen molar-refractivity contribution in [3.63, 3.8) is 0 Å². The quantitative estimate of drug-likeness (QED) is 0.821. The Balaban J connectivity index is 1.93. The Labute approximate surface area is 159 Å². The molecule has 2 N–H and O–H groups in total. The Morgan fingerprint density at radius 3 is 2.41 bits per heavy atom. The highest BCUT2D eigenvalue weighted by Gasteiger charge is 2.28. The third kappa shape index (κ3) is 4.58. The van der Waals surface area contributed by atoms with Gasteiger partial charge in [0, 0.05) is 25.7 Å². The first-order valence-corrected chi connectivity index (χ1v) is 9.14. The lowest BCUT2D eigenvalue weighted by Crippen LogP contribution is -2.36. The normalized spacial score (nSPS) is 14.5. The standard InChI is InChI=1S/C21H25N3O3/c1-15(25)22-17-10-11-19(27-2)18(14-17)23-20(16-8-4-3-5-9-16)21(26)24-12-6-7-13-24/h3-5,8-11,14,20,23H,6-7,12-13H2,1-2H3,(H,22,25)/t20-/m0/s1. The highest BCUT2D eigenvalue weighted by Crippen LogP contribution is 2.32. The largest absolute Gasteiger partial charge is 0.495 e. The molecule has 1 aliphatic rings. The molecular weight excluding hydrogens is 342 g/mol. The smallest absolute Gasteiger partial charge is 0.249 e. The summed E-state index contributed by atoms with van der Waals surface area (Å²) in [6.07, 6.45) is 2.07. The molecule has 27 heavy (non-hydrogen) atoms. The number of hydrogen-bond acceptors (Lipinski definition) is 4. The average molecular weight is 367 g/mol. The molecule has 0 saturated carbocycles. The zero-order valence-electron chi connectivity index (χ0n) is 15.7. The first-order valence-electron chi connectivity index (χ1n) is 9.14. The van der Waals surface area contributed by atoms with Crippen molar-refractivity contribution in [2.75, 3.05) is 30.8 Å². The molecule has 3 rings (SSSR count). The first-order chi connectivity index (χ1) is 13.1. The van der Waals surface area contributed by atoms with E-state index in [1.807, 2.05) is 35.2 Å². The van der Waals surface area contributed by atoms with Crippen molar-refractivity contribution in [2.24, 2.45) is 0 Å². The van der Waals surface area contributed by atoms with Gasteiger partial charge in [-0.1, -0.05) is 30.3 Å². The number of carbonyl (C=O) groups excluding carboxylic acids is 2. The molecule has 0 spiro atoms. The SMILES string of the molecule is COc1ccc(NC(C)=O)cc1N[C@H](C(=O)N1CCCC1)c1ccccc1. The summed E-state index contributed by atoms with van der Waals surface area (Å²) in [5.41, 5.74) is 2.19. The fourth-order valence-corrected chi connectivity index (χ4v) is 3.31. The van der Waals surface area contributed by atoms with Gasteiger partial charge in [-0.05, 0) is 36.6 Å². The molecule has 0 aliphatic carbocycles. The number of likely N-dealkylation sites (tertiary alicyclic amines) is 1. The molecule has 0 bridgehead atoms. The van der Waals surface area contributed by atoms with E-state index >= 15 is 0 Å². The molecule has 0 unspecified atom stereocenters. The van der Waals surface area contributed by atoms with Gasteiger partial charge in [0.15, 0.2) is 0 Å². The number of nitrogens with zero attached hydrogens (tertiary/aromatic N) is 1. The highest BCUT2D eigenvalue weighted by atomic mass is 16.5. The molecule has 0 aromatic heterocycles. The summed E-state index contributed by atoms with van der Waals surface area (Å²) >= 11 is 0. The Morgan fingerprint density at radius 2 is 1.78 bits per heavy atom. The van der Waals surface area contributed by atoms with E-state index in [1.165, 1.54) is 6.92 Å². The number of benzene rings is 2. The van der Waals surface area contributed by atoms with Crippen LogP contribution in [0.2, 0.25) is 0 Å². The zero-order valence-corrected chi connectivity index (χ0v) is 15.7. The highest BCUT2D eigenvalue weighted by molar-refractivity contribution is 5.91. The second-order valence-corrected chi connectivity index (χ2v) is 6.62. The summed E-state index contributed by atoms with van der Waals surface area (Å²) in [5.74, 6) is 0.504. The summed E-state index contributed by atoms with van der Waals surface area (Å²) in [6.45, 7) is 3.03. The monoisotopic (exact) mass is 367 g/mol. The van der Waals surface area contributed by atoms with Gasteiger partial charge in [-0.25, -0.2) is 0 Å². The lowest BCUT2D eigenvalue weighted by Gasteiger charge is -2.26. The van der Waals surface area contributed by atoms with Gasteiger partial charge < -0.3 is 20.3 Å².